The van der Waals surface area contributed by atoms with Crippen molar-refractivity contribution >= 4 is 33.4 Å². The Morgan fingerprint density at radius 1 is 1.16 bits per heavy atom. The molecule has 0 bridgehead atoms. The van der Waals surface area contributed by atoms with Crippen molar-refractivity contribution < 1.29 is 23.5 Å². The number of nitrogens with zero attached hydrogens (tertiary/aromatic N) is 3. The molecule has 1 aliphatic rings. The van der Waals surface area contributed by atoms with E-state index < -0.39 is 11.7 Å². The molecule has 1 aromatic heterocycles. The molecular formula is C21H20BrN4O5+. The summed E-state index contributed by atoms with van der Waals surface area (Å²) in [5, 5.41) is 2.58. The van der Waals surface area contributed by atoms with Crippen molar-refractivity contribution in [1.29, 1.82) is 0 Å². The number of hydrogen-bond acceptors (Lipinski definition) is 6. The number of aromatic nitrogens is 2. The number of aromatic amines is 1. The molecule has 0 aliphatic carbocycles. The van der Waals surface area contributed by atoms with Crippen LogP contribution in [0, 0.1) is 0 Å². The number of rotatable bonds is 6. The number of halogens is 1. The third kappa shape index (κ3) is 4.04. The molecule has 9 nitrogen and oxygen atoms in total. The quantitative estimate of drug-likeness (QED) is 0.420. The first-order chi connectivity index (χ1) is 14.9. The molecule has 31 heavy (non-hydrogen) atoms. The fraction of sp³-hybridized carbons (Fsp3) is 0.238. The minimum atomic E-state index is -0.685. The van der Waals surface area contributed by atoms with Gasteiger partial charge in [0.1, 0.15) is 5.75 Å². The monoisotopic (exact) mass is 487 g/mol. The first kappa shape index (κ1) is 21.0. The van der Waals surface area contributed by atoms with Gasteiger partial charge < -0.3 is 4.74 Å². The summed E-state index contributed by atoms with van der Waals surface area (Å²) in [6, 6.07) is 13.3. The van der Waals surface area contributed by atoms with Crippen LogP contribution in [0.1, 0.15) is 12.1 Å². The standard InChI is InChI=1S/C21H19BrN4O5/c1-24(17-11-19(27)25(20(17)28)14-5-3-13(22)4-6-14)12-18-21(29)31-23-26(18)15-7-9-16(30-2)10-8-15/h3-10,17H,11-12H2,1-2H3/p+1. The van der Waals surface area contributed by atoms with E-state index in [1.165, 1.54) is 9.58 Å². The molecule has 1 fully saturated rings. The molecular weight excluding hydrogens is 468 g/mol. The Bertz CT molecular complexity index is 1170. The van der Waals surface area contributed by atoms with Crippen molar-refractivity contribution in [2.24, 2.45) is 0 Å². The van der Waals surface area contributed by atoms with Crippen LogP contribution in [0.2, 0.25) is 0 Å². The van der Waals surface area contributed by atoms with Gasteiger partial charge in [-0.25, -0.2) is 9.69 Å². The Balaban J connectivity index is 1.56. The number of amides is 2. The maximum atomic E-state index is 13.0. The number of methoxy groups -OCH3 is 1. The van der Waals surface area contributed by atoms with Gasteiger partial charge in [0.25, 0.3) is 5.91 Å². The lowest BCUT2D eigenvalue weighted by Crippen LogP contribution is -2.45. The molecule has 1 aliphatic heterocycles. The Hall–Kier alpha value is -3.24. The molecule has 1 N–H and O–H groups in total. The average molecular weight is 488 g/mol. The normalized spacial score (nSPS) is 16.4. The lowest BCUT2D eigenvalue weighted by Gasteiger charge is -2.20. The van der Waals surface area contributed by atoms with Gasteiger partial charge in [-0.2, -0.15) is 0 Å². The second kappa shape index (κ2) is 8.48. The zero-order chi connectivity index (χ0) is 22.1. The maximum Gasteiger partial charge on any atom is 0.431 e. The molecule has 0 spiro atoms. The average Bonchev–Trinajstić information content (AvgIpc) is 3.28. The van der Waals surface area contributed by atoms with Crippen molar-refractivity contribution in [3.8, 4) is 11.4 Å². The van der Waals surface area contributed by atoms with E-state index in [2.05, 4.69) is 21.2 Å². The molecule has 10 heteroatoms. The Labute approximate surface area is 185 Å². The number of imide groups is 1. The van der Waals surface area contributed by atoms with E-state index in [0.717, 1.165) is 4.47 Å². The summed E-state index contributed by atoms with van der Waals surface area (Å²) in [6.07, 6.45) is 0.0314. The van der Waals surface area contributed by atoms with Gasteiger partial charge in [0, 0.05) is 16.6 Å². The van der Waals surface area contributed by atoms with Crippen LogP contribution < -0.4 is 19.9 Å². The Morgan fingerprint density at radius 3 is 2.48 bits per heavy atom. The van der Waals surface area contributed by atoms with Crippen LogP contribution in [0.5, 0.6) is 5.75 Å². The van der Waals surface area contributed by atoms with Crippen LogP contribution in [0.15, 0.2) is 62.3 Å². The number of H-pyrrole nitrogens is 1. The largest absolute Gasteiger partial charge is 0.497 e. The molecule has 160 valence electrons. The zero-order valence-electron chi connectivity index (χ0n) is 16.9. The highest BCUT2D eigenvalue weighted by molar-refractivity contribution is 9.10. The Kier molecular flexibility index (Phi) is 5.75. The second-order valence-electron chi connectivity index (χ2n) is 7.14. The highest BCUT2D eigenvalue weighted by Crippen LogP contribution is 2.27. The fourth-order valence-electron chi connectivity index (χ4n) is 3.54. The van der Waals surface area contributed by atoms with Gasteiger partial charge in [0.15, 0.2) is 0 Å². The molecule has 3 aromatic rings. The SMILES string of the molecule is COc1ccc(-[n+]2[nH]oc(=O)c2CN(C)C2CC(=O)N(c3ccc(Br)cc3)C2=O)cc1. The molecule has 1 saturated heterocycles. The number of benzene rings is 2. The minimum absolute atomic E-state index is 0.0314. The predicted octanol–water partition coefficient (Wildman–Crippen LogP) is 1.78. The van der Waals surface area contributed by atoms with Gasteiger partial charge in [-0.15, -0.1) is 0 Å². The van der Waals surface area contributed by atoms with E-state index in [-0.39, 0.29) is 24.8 Å². The molecule has 1 atom stereocenters. The minimum Gasteiger partial charge on any atom is -0.497 e. The first-order valence-corrected chi connectivity index (χ1v) is 10.3. The summed E-state index contributed by atoms with van der Waals surface area (Å²) in [5.41, 5.74) is 0.933. The number of ether oxygens (including phenoxy) is 1. The topological polar surface area (TPSA) is 99.7 Å². The Morgan fingerprint density at radius 2 is 1.84 bits per heavy atom. The molecule has 0 saturated carbocycles. The van der Waals surface area contributed by atoms with E-state index in [1.54, 1.807) is 67.6 Å². The van der Waals surface area contributed by atoms with E-state index in [0.29, 0.717) is 22.8 Å². The van der Waals surface area contributed by atoms with Crippen LogP contribution in [0.4, 0.5) is 5.69 Å². The number of carbonyl (C=O) groups excluding carboxylic acids is 2. The number of carbonyl (C=O) groups is 2. The lowest BCUT2D eigenvalue weighted by atomic mass is 10.2. The fourth-order valence-corrected chi connectivity index (χ4v) is 3.80. The van der Waals surface area contributed by atoms with Gasteiger partial charge in [-0.05, 0) is 53.4 Å². The lowest BCUT2D eigenvalue weighted by molar-refractivity contribution is -0.678. The van der Waals surface area contributed by atoms with Crippen molar-refractivity contribution in [1.82, 2.24) is 10.2 Å². The van der Waals surface area contributed by atoms with Crippen molar-refractivity contribution in [2.75, 3.05) is 19.1 Å². The highest BCUT2D eigenvalue weighted by atomic mass is 79.9. The van der Waals surface area contributed by atoms with E-state index in [1.807, 2.05) is 0 Å². The van der Waals surface area contributed by atoms with E-state index in [4.69, 9.17) is 9.26 Å². The van der Waals surface area contributed by atoms with Crippen LogP contribution in [-0.4, -0.2) is 42.2 Å². The van der Waals surface area contributed by atoms with Gasteiger partial charge in [0.05, 0.1) is 31.8 Å². The van der Waals surface area contributed by atoms with Gasteiger partial charge in [0.2, 0.25) is 11.6 Å². The van der Waals surface area contributed by atoms with Crippen molar-refractivity contribution in [3.05, 3.63) is 69.1 Å². The number of anilines is 1. The van der Waals surface area contributed by atoms with Crippen molar-refractivity contribution in [2.45, 2.75) is 19.0 Å². The summed E-state index contributed by atoms with van der Waals surface area (Å²) in [7, 11) is 3.27. The summed E-state index contributed by atoms with van der Waals surface area (Å²) < 4.78 is 12.5. The smallest absolute Gasteiger partial charge is 0.431 e. The molecule has 2 amide bonds. The predicted molar refractivity (Wildman–Crippen MR) is 114 cm³/mol. The summed E-state index contributed by atoms with van der Waals surface area (Å²) in [6.45, 7) is 0.107. The second-order valence-corrected chi connectivity index (χ2v) is 8.06. The number of hydrogen-bond donors (Lipinski definition) is 1. The molecule has 1 unspecified atom stereocenters. The van der Waals surface area contributed by atoms with E-state index >= 15 is 0 Å². The van der Waals surface area contributed by atoms with Gasteiger partial charge >= 0.3 is 11.3 Å². The van der Waals surface area contributed by atoms with Crippen LogP contribution >= 0.6 is 15.9 Å². The third-order valence-corrected chi connectivity index (χ3v) is 5.73. The molecule has 4 rings (SSSR count). The van der Waals surface area contributed by atoms with E-state index in [9.17, 15) is 14.4 Å². The van der Waals surface area contributed by atoms with Crippen LogP contribution in [0.3, 0.4) is 0 Å². The van der Waals surface area contributed by atoms with Gasteiger partial charge in [-0.1, -0.05) is 15.9 Å². The number of likely N-dealkylation sites (N-methyl/N-ethyl adjacent to an activating group) is 1. The van der Waals surface area contributed by atoms with Crippen LogP contribution in [0.25, 0.3) is 5.69 Å². The molecule has 2 aromatic carbocycles. The van der Waals surface area contributed by atoms with Crippen LogP contribution in [-0.2, 0) is 16.1 Å². The summed E-state index contributed by atoms with van der Waals surface area (Å²) >= 11 is 3.35. The third-order valence-electron chi connectivity index (χ3n) is 5.20. The summed E-state index contributed by atoms with van der Waals surface area (Å²) in [4.78, 5) is 40.7. The van der Waals surface area contributed by atoms with Crippen molar-refractivity contribution in [3.63, 3.8) is 0 Å². The number of nitrogens with one attached hydrogen (secondary N) is 1. The molecule has 0 radical (unpaired) electrons. The van der Waals surface area contributed by atoms with Gasteiger partial charge in [-0.3, -0.25) is 19.0 Å². The highest BCUT2D eigenvalue weighted by Gasteiger charge is 2.42. The first-order valence-electron chi connectivity index (χ1n) is 9.48. The summed E-state index contributed by atoms with van der Waals surface area (Å²) in [5.74, 6) is 0.0657. The maximum absolute atomic E-state index is 13.0. The zero-order valence-corrected chi connectivity index (χ0v) is 18.5. The molecule has 2 heterocycles.